The average Bonchev–Trinajstić information content (AvgIpc) is 3.30. The zero-order chi connectivity index (χ0) is 23.7. The third-order valence-electron chi connectivity index (χ3n) is 5.75. The lowest BCUT2D eigenvalue weighted by molar-refractivity contribution is -0.384. The van der Waals surface area contributed by atoms with Crippen LogP contribution in [0, 0.1) is 24.0 Å². The molecule has 0 fully saturated rings. The van der Waals surface area contributed by atoms with Gasteiger partial charge in [-0.1, -0.05) is 0 Å². The highest BCUT2D eigenvalue weighted by Gasteiger charge is 2.27. The molecule has 0 aliphatic heterocycles. The minimum atomic E-state index is -0.914. The molecule has 1 amide bonds. The van der Waals surface area contributed by atoms with Gasteiger partial charge in [0.2, 0.25) is 0 Å². The Hall–Kier alpha value is -3.79. The molecule has 170 valence electrons. The number of aromatic nitrogens is 1. The largest absolute Gasteiger partial charge is 0.478 e. The van der Waals surface area contributed by atoms with Crippen molar-refractivity contribution in [3.05, 3.63) is 79.0 Å². The first kappa shape index (κ1) is 22.4. The number of hydrogen-bond donors (Lipinski definition) is 2. The molecular weight excluding hydrogens is 444 g/mol. The van der Waals surface area contributed by atoms with Crippen LogP contribution in [-0.4, -0.2) is 32.7 Å². The Bertz CT molecular complexity index is 1290. The monoisotopic (exact) mass is 466 g/mol. The summed E-state index contributed by atoms with van der Waals surface area (Å²) in [5, 5.41) is 25.4. The minimum Gasteiger partial charge on any atom is -0.478 e. The van der Waals surface area contributed by atoms with E-state index in [2.05, 4.69) is 10.5 Å². The van der Waals surface area contributed by atoms with E-state index in [1.807, 2.05) is 24.5 Å². The van der Waals surface area contributed by atoms with Crippen molar-refractivity contribution in [1.82, 2.24) is 9.99 Å². The number of carboxylic acids is 1. The molecule has 0 saturated carbocycles. The summed E-state index contributed by atoms with van der Waals surface area (Å²) in [6, 6.07) is 7.13. The molecule has 2 N–H and O–H groups in total. The molecule has 2 heterocycles. The zero-order valence-corrected chi connectivity index (χ0v) is 18.9. The molecule has 0 radical (unpaired) electrons. The topological polar surface area (TPSA) is 127 Å². The van der Waals surface area contributed by atoms with Gasteiger partial charge in [0, 0.05) is 39.5 Å². The number of thiophene rings is 1. The number of benzene rings is 1. The molecule has 0 bridgehead atoms. The highest BCUT2D eigenvalue weighted by molar-refractivity contribution is 7.15. The molecule has 1 aromatic carbocycles. The van der Waals surface area contributed by atoms with Crippen molar-refractivity contribution in [3.8, 4) is 5.00 Å². The zero-order valence-electron chi connectivity index (χ0n) is 18.1. The second kappa shape index (κ2) is 8.99. The summed E-state index contributed by atoms with van der Waals surface area (Å²) in [7, 11) is 0. The Balaban J connectivity index is 1.58. The Morgan fingerprint density at radius 3 is 2.58 bits per heavy atom. The third kappa shape index (κ3) is 4.29. The molecular formula is C23H22N4O5S. The summed E-state index contributed by atoms with van der Waals surface area (Å²) in [6.07, 6.45) is 5.27. The van der Waals surface area contributed by atoms with Crippen LogP contribution in [0.4, 0.5) is 5.69 Å². The lowest BCUT2D eigenvalue weighted by Crippen LogP contribution is -2.17. The second-order valence-electron chi connectivity index (χ2n) is 7.86. The molecule has 2 aromatic heterocycles. The van der Waals surface area contributed by atoms with Gasteiger partial charge in [-0.15, -0.1) is 11.3 Å². The molecule has 3 aromatic rings. The van der Waals surface area contributed by atoms with Gasteiger partial charge >= 0.3 is 5.97 Å². The predicted octanol–water partition coefficient (Wildman–Crippen LogP) is 4.40. The predicted molar refractivity (Wildman–Crippen MR) is 125 cm³/mol. The number of aromatic carboxylic acids is 1. The van der Waals surface area contributed by atoms with Crippen molar-refractivity contribution >= 4 is 35.1 Å². The first-order valence-electron chi connectivity index (χ1n) is 10.4. The standard InChI is InChI=1S/C23H22N4O5S/c1-13-11-16(12-24-25-21(28)15-7-9-17(10-8-15)27(31)32)14(2)26(13)22-20(23(29)30)18-5-3-4-6-19(18)33-22/h7-12H,3-6H2,1-2H3,(H,25,28)(H,29,30)/b24-12-. The number of hydrogen-bond acceptors (Lipinski definition) is 6. The fourth-order valence-corrected chi connectivity index (χ4v) is 5.61. The van der Waals surface area contributed by atoms with Crippen LogP contribution in [0.1, 0.15) is 60.9 Å². The summed E-state index contributed by atoms with van der Waals surface area (Å²) in [5.74, 6) is -1.41. The van der Waals surface area contributed by atoms with Crippen LogP contribution in [0.3, 0.4) is 0 Å². The van der Waals surface area contributed by atoms with Gasteiger partial charge in [-0.25, -0.2) is 10.2 Å². The molecule has 10 heteroatoms. The van der Waals surface area contributed by atoms with Crippen molar-refractivity contribution in [3.63, 3.8) is 0 Å². The number of amides is 1. The van der Waals surface area contributed by atoms with E-state index in [0.717, 1.165) is 53.1 Å². The average molecular weight is 467 g/mol. The Labute approximate surface area is 193 Å². The van der Waals surface area contributed by atoms with E-state index in [-0.39, 0.29) is 11.3 Å². The lowest BCUT2D eigenvalue weighted by Gasteiger charge is -2.11. The number of nitrogens with one attached hydrogen (secondary N) is 1. The molecule has 4 rings (SSSR count). The maximum absolute atomic E-state index is 12.3. The highest BCUT2D eigenvalue weighted by atomic mass is 32.1. The molecule has 0 spiro atoms. The lowest BCUT2D eigenvalue weighted by atomic mass is 9.95. The summed E-state index contributed by atoms with van der Waals surface area (Å²) in [5.41, 5.74) is 6.35. The molecule has 0 unspecified atom stereocenters. The molecule has 1 aliphatic carbocycles. The smallest absolute Gasteiger partial charge is 0.339 e. The molecule has 0 saturated heterocycles. The van der Waals surface area contributed by atoms with Gasteiger partial charge in [-0.05, 0) is 63.3 Å². The van der Waals surface area contributed by atoms with Crippen molar-refractivity contribution in [2.24, 2.45) is 5.10 Å². The SMILES string of the molecule is Cc1cc(/C=N\NC(=O)c2ccc([N+](=O)[O-])cc2)c(C)n1-c1sc2c(c1C(=O)O)CCCC2. The maximum atomic E-state index is 12.3. The first-order valence-corrected chi connectivity index (χ1v) is 11.2. The van der Waals surface area contributed by atoms with Crippen LogP contribution in [0.15, 0.2) is 35.4 Å². The van der Waals surface area contributed by atoms with Crippen LogP contribution in [0.2, 0.25) is 0 Å². The van der Waals surface area contributed by atoms with Crippen molar-refractivity contribution in [1.29, 1.82) is 0 Å². The van der Waals surface area contributed by atoms with E-state index in [4.69, 9.17) is 0 Å². The molecule has 9 nitrogen and oxygen atoms in total. The number of nitro benzene ring substituents is 1. The number of carbonyl (C=O) groups is 2. The van der Waals surface area contributed by atoms with Crippen molar-refractivity contribution in [2.45, 2.75) is 39.5 Å². The number of rotatable bonds is 6. The number of nitro groups is 1. The molecule has 33 heavy (non-hydrogen) atoms. The minimum absolute atomic E-state index is 0.0986. The summed E-state index contributed by atoms with van der Waals surface area (Å²) < 4.78 is 1.94. The summed E-state index contributed by atoms with van der Waals surface area (Å²) >= 11 is 1.53. The fraction of sp³-hybridized carbons (Fsp3) is 0.261. The van der Waals surface area contributed by atoms with Gasteiger partial charge in [-0.2, -0.15) is 5.10 Å². The van der Waals surface area contributed by atoms with Crippen molar-refractivity contribution in [2.75, 3.05) is 0 Å². The first-order chi connectivity index (χ1) is 15.8. The van der Waals surface area contributed by atoms with E-state index in [1.165, 1.54) is 41.8 Å². The highest BCUT2D eigenvalue weighted by Crippen LogP contribution is 2.38. The van der Waals surface area contributed by atoms with Gasteiger partial charge in [0.15, 0.2) is 0 Å². The van der Waals surface area contributed by atoms with Crippen molar-refractivity contribution < 1.29 is 19.6 Å². The van der Waals surface area contributed by atoms with Gasteiger partial charge in [0.1, 0.15) is 5.00 Å². The number of fused-ring (bicyclic) bond motifs is 1. The number of hydrazone groups is 1. The van der Waals surface area contributed by atoms with Gasteiger partial charge in [0.05, 0.1) is 16.7 Å². The van der Waals surface area contributed by atoms with E-state index < -0.39 is 16.8 Å². The van der Waals surface area contributed by atoms with Crippen LogP contribution in [0.5, 0.6) is 0 Å². The van der Waals surface area contributed by atoms with Gasteiger partial charge in [0.25, 0.3) is 11.6 Å². The van der Waals surface area contributed by atoms with Crippen LogP contribution < -0.4 is 5.43 Å². The van der Waals surface area contributed by atoms with Gasteiger partial charge in [-0.3, -0.25) is 14.9 Å². The Morgan fingerprint density at radius 1 is 1.21 bits per heavy atom. The van der Waals surface area contributed by atoms with Crippen LogP contribution in [-0.2, 0) is 12.8 Å². The number of aryl methyl sites for hydroxylation is 2. The number of nitrogens with zero attached hydrogens (tertiary/aromatic N) is 3. The summed E-state index contributed by atoms with van der Waals surface area (Å²) in [4.78, 5) is 35.7. The Kier molecular flexibility index (Phi) is 6.10. The Morgan fingerprint density at radius 2 is 1.91 bits per heavy atom. The number of carboxylic acid groups (broad SMARTS) is 1. The number of carbonyl (C=O) groups excluding carboxylic acids is 1. The normalized spacial score (nSPS) is 13.2. The summed E-state index contributed by atoms with van der Waals surface area (Å²) in [6.45, 7) is 3.79. The van der Waals surface area contributed by atoms with Crippen LogP contribution in [0.25, 0.3) is 5.00 Å². The number of non-ortho nitro benzene ring substituents is 1. The molecule has 1 aliphatic rings. The van der Waals surface area contributed by atoms with E-state index in [9.17, 15) is 24.8 Å². The quantitative estimate of drug-likeness (QED) is 0.316. The van der Waals surface area contributed by atoms with E-state index >= 15 is 0 Å². The fourth-order valence-electron chi connectivity index (χ4n) is 4.12. The van der Waals surface area contributed by atoms with E-state index in [1.54, 1.807) is 0 Å². The van der Waals surface area contributed by atoms with Gasteiger partial charge < -0.3 is 9.67 Å². The maximum Gasteiger partial charge on any atom is 0.339 e. The third-order valence-corrected chi connectivity index (χ3v) is 7.03. The van der Waals surface area contributed by atoms with Crippen LogP contribution >= 0.6 is 11.3 Å². The second-order valence-corrected chi connectivity index (χ2v) is 8.94. The van der Waals surface area contributed by atoms with E-state index in [0.29, 0.717) is 10.6 Å². The molecule has 0 atom stereocenters.